The lowest BCUT2D eigenvalue weighted by Crippen LogP contribution is -2.30. The first-order valence-corrected chi connectivity index (χ1v) is 10.8. The van der Waals surface area contributed by atoms with Crippen molar-refractivity contribution in [2.24, 2.45) is 0 Å². The van der Waals surface area contributed by atoms with Gasteiger partial charge in [0.25, 0.3) is 0 Å². The van der Waals surface area contributed by atoms with Gasteiger partial charge in [-0.2, -0.15) is 10.4 Å². The molecule has 0 saturated carbocycles. The Hall–Kier alpha value is -4.18. The van der Waals surface area contributed by atoms with Crippen molar-refractivity contribution in [1.82, 2.24) is 14.8 Å². The minimum Gasteiger partial charge on any atom is -0.480 e. The fraction of sp³-hybridized carbons (Fsp3) is 0.231. The third-order valence-corrected chi connectivity index (χ3v) is 6.56. The molecule has 0 aliphatic heterocycles. The molecule has 2 N–H and O–H groups in total. The average molecular weight is 438 g/mol. The SMILES string of the molecule is CCc1cc2c(cc1-c1cnn(CC(=O)O)c1)C(C)(C)c1[nH]c3cc(C#N)ccc3c1C2=O. The van der Waals surface area contributed by atoms with Crippen LogP contribution in [0.1, 0.15) is 59.1 Å². The molecule has 2 heterocycles. The molecule has 7 nitrogen and oxygen atoms in total. The van der Waals surface area contributed by atoms with E-state index >= 15 is 0 Å². The molecule has 0 bridgehead atoms. The summed E-state index contributed by atoms with van der Waals surface area (Å²) in [4.78, 5) is 28.2. The number of hydrogen-bond donors (Lipinski definition) is 2. The number of nitriles is 1. The van der Waals surface area contributed by atoms with Crippen molar-refractivity contribution in [3.63, 3.8) is 0 Å². The van der Waals surface area contributed by atoms with Gasteiger partial charge in [-0.15, -0.1) is 0 Å². The minimum atomic E-state index is -0.955. The Kier molecular flexibility index (Phi) is 4.50. The Balaban J connectivity index is 1.71. The number of carboxylic acid groups (broad SMARTS) is 1. The van der Waals surface area contributed by atoms with Crippen LogP contribution in [0.5, 0.6) is 0 Å². The van der Waals surface area contributed by atoms with Gasteiger partial charge in [0.2, 0.25) is 0 Å². The molecule has 5 rings (SSSR count). The fourth-order valence-corrected chi connectivity index (χ4v) is 4.88. The van der Waals surface area contributed by atoms with Gasteiger partial charge in [0, 0.05) is 39.3 Å². The highest BCUT2D eigenvalue weighted by Crippen LogP contribution is 2.45. The maximum atomic E-state index is 13.7. The van der Waals surface area contributed by atoms with Crippen LogP contribution in [0.15, 0.2) is 42.7 Å². The smallest absolute Gasteiger partial charge is 0.325 e. The fourth-order valence-electron chi connectivity index (χ4n) is 4.88. The van der Waals surface area contributed by atoms with E-state index < -0.39 is 11.4 Å². The first-order valence-electron chi connectivity index (χ1n) is 10.8. The van der Waals surface area contributed by atoms with Gasteiger partial charge in [-0.3, -0.25) is 14.3 Å². The minimum absolute atomic E-state index is 0.0295. The standard InChI is InChI=1S/C26H22N4O3/c1-4-15-8-19-20(9-18(15)16-11-28-30(12-16)13-22(31)32)26(2,3)25-23(24(19)33)17-6-5-14(10-27)7-21(17)29-25/h5-9,11-12,29H,4,13H2,1-3H3,(H,31,32). The van der Waals surface area contributed by atoms with Crippen LogP contribution in [0.3, 0.4) is 0 Å². The summed E-state index contributed by atoms with van der Waals surface area (Å²) in [7, 11) is 0. The molecule has 0 amide bonds. The number of aromatic nitrogens is 3. The second-order valence-electron chi connectivity index (χ2n) is 8.93. The Bertz CT molecular complexity index is 1510. The van der Waals surface area contributed by atoms with E-state index in [0.717, 1.165) is 38.9 Å². The highest BCUT2D eigenvalue weighted by molar-refractivity contribution is 6.20. The summed E-state index contributed by atoms with van der Waals surface area (Å²) in [5.74, 6) is -0.985. The molecule has 33 heavy (non-hydrogen) atoms. The molecule has 0 atom stereocenters. The van der Waals surface area contributed by atoms with E-state index in [0.29, 0.717) is 23.1 Å². The summed E-state index contributed by atoms with van der Waals surface area (Å²) in [5, 5.41) is 23.4. The van der Waals surface area contributed by atoms with Crippen molar-refractivity contribution in [2.45, 2.75) is 39.2 Å². The number of nitrogens with zero attached hydrogens (tertiary/aromatic N) is 3. The molecule has 0 unspecified atom stereocenters. The maximum Gasteiger partial charge on any atom is 0.325 e. The van der Waals surface area contributed by atoms with Crippen molar-refractivity contribution >= 4 is 22.7 Å². The molecular weight excluding hydrogens is 416 g/mol. The van der Waals surface area contributed by atoms with Gasteiger partial charge >= 0.3 is 5.97 Å². The normalized spacial score (nSPS) is 14.1. The molecule has 2 aromatic heterocycles. The molecule has 0 radical (unpaired) electrons. The van der Waals surface area contributed by atoms with Gasteiger partial charge in [0.05, 0.1) is 23.4 Å². The van der Waals surface area contributed by atoms with Gasteiger partial charge in [0.1, 0.15) is 6.54 Å². The Labute approximate surface area is 190 Å². The number of rotatable bonds is 4. The van der Waals surface area contributed by atoms with Crippen LogP contribution in [-0.2, 0) is 23.2 Å². The van der Waals surface area contributed by atoms with Crippen LogP contribution in [0.25, 0.3) is 22.0 Å². The van der Waals surface area contributed by atoms with Crippen molar-refractivity contribution < 1.29 is 14.7 Å². The Morgan fingerprint density at radius 3 is 2.73 bits per heavy atom. The van der Waals surface area contributed by atoms with Crippen LogP contribution < -0.4 is 0 Å². The lowest BCUT2D eigenvalue weighted by atomic mass is 9.70. The first-order chi connectivity index (χ1) is 15.7. The van der Waals surface area contributed by atoms with Crippen LogP contribution in [0.2, 0.25) is 0 Å². The number of aromatic amines is 1. The second kappa shape index (κ2) is 7.17. The molecule has 7 heteroatoms. The number of carbonyl (C=O) groups is 2. The van der Waals surface area contributed by atoms with Crippen molar-refractivity contribution in [2.75, 3.05) is 0 Å². The predicted molar refractivity (Wildman–Crippen MR) is 123 cm³/mol. The van der Waals surface area contributed by atoms with Gasteiger partial charge < -0.3 is 10.1 Å². The number of aryl methyl sites for hydroxylation is 1. The topological polar surface area (TPSA) is 112 Å². The molecule has 0 saturated heterocycles. The van der Waals surface area contributed by atoms with Gasteiger partial charge in [0.15, 0.2) is 5.78 Å². The summed E-state index contributed by atoms with van der Waals surface area (Å²) in [6.45, 7) is 5.99. The number of nitrogens with one attached hydrogen (secondary N) is 1. The zero-order valence-corrected chi connectivity index (χ0v) is 18.6. The quantitative estimate of drug-likeness (QED) is 0.490. The zero-order valence-electron chi connectivity index (χ0n) is 18.6. The molecule has 0 spiro atoms. The summed E-state index contributed by atoms with van der Waals surface area (Å²) < 4.78 is 1.40. The summed E-state index contributed by atoms with van der Waals surface area (Å²) >= 11 is 0. The first kappa shape index (κ1) is 20.7. The maximum absolute atomic E-state index is 13.7. The van der Waals surface area contributed by atoms with Gasteiger partial charge in [-0.25, -0.2) is 0 Å². The van der Waals surface area contributed by atoms with E-state index in [1.165, 1.54) is 4.68 Å². The molecule has 1 aliphatic carbocycles. The number of hydrogen-bond acceptors (Lipinski definition) is 4. The van der Waals surface area contributed by atoms with E-state index in [1.54, 1.807) is 24.5 Å². The monoisotopic (exact) mass is 438 g/mol. The van der Waals surface area contributed by atoms with E-state index in [9.17, 15) is 14.9 Å². The predicted octanol–water partition coefficient (Wildman–Crippen LogP) is 4.42. The van der Waals surface area contributed by atoms with E-state index in [-0.39, 0.29) is 12.3 Å². The highest BCUT2D eigenvalue weighted by Gasteiger charge is 2.40. The second-order valence-corrected chi connectivity index (χ2v) is 8.93. The molecular formula is C26H22N4O3. The van der Waals surface area contributed by atoms with Crippen LogP contribution >= 0.6 is 0 Å². The number of carbonyl (C=O) groups excluding carboxylic acids is 1. The third-order valence-electron chi connectivity index (χ3n) is 6.56. The van der Waals surface area contributed by atoms with E-state index in [2.05, 4.69) is 30.0 Å². The number of benzene rings is 2. The van der Waals surface area contributed by atoms with E-state index in [4.69, 9.17) is 5.11 Å². The largest absolute Gasteiger partial charge is 0.480 e. The van der Waals surface area contributed by atoms with Crippen LogP contribution in [0.4, 0.5) is 0 Å². The number of ketones is 1. The molecule has 1 aliphatic rings. The number of carboxylic acids is 1. The number of fused-ring (bicyclic) bond motifs is 4. The third kappa shape index (κ3) is 3.06. The summed E-state index contributed by atoms with van der Waals surface area (Å²) in [6, 6.07) is 11.5. The summed E-state index contributed by atoms with van der Waals surface area (Å²) in [5.41, 5.74) is 6.68. The summed E-state index contributed by atoms with van der Waals surface area (Å²) in [6.07, 6.45) is 4.11. The number of aliphatic carboxylic acids is 1. The highest BCUT2D eigenvalue weighted by atomic mass is 16.4. The van der Waals surface area contributed by atoms with Crippen LogP contribution in [0, 0.1) is 11.3 Å². The average Bonchev–Trinajstić information content (AvgIpc) is 3.41. The van der Waals surface area contributed by atoms with E-state index in [1.807, 2.05) is 25.1 Å². The Morgan fingerprint density at radius 2 is 2.03 bits per heavy atom. The molecule has 2 aromatic carbocycles. The van der Waals surface area contributed by atoms with Gasteiger partial charge in [-0.05, 0) is 47.4 Å². The van der Waals surface area contributed by atoms with Crippen LogP contribution in [-0.4, -0.2) is 31.6 Å². The molecule has 4 aromatic rings. The van der Waals surface area contributed by atoms with Crippen molar-refractivity contribution in [1.29, 1.82) is 5.26 Å². The lowest BCUT2D eigenvalue weighted by Gasteiger charge is -2.33. The lowest BCUT2D eigenvalue weighted by molar-refractivity contribution is -0.137. The number of H-pyrrole nitrogens is 1. The van der Waals surface area contributed by atoms with Gasteiger partial charge in [-0.1, -0.05) is 26.8 Å². The molecule has 164 valence electrons. The van der Waals surface area contributed by atoms with Crippen molar-refractivity contribution in [3.8, 4) is 17.2 Å². The van der Waals surface area contributed by atoms with Crippen molar-refractivity contribution in [3.05, 3.63) is 76.2 Å². The zero-order chi connectivity index (χ0) is 23.5. The molecule has 0 fully saturated rings. The Morgan fingerprint density at radius 1 is 1.24 bits per heavy atom.